The summed E-state index contributed by atoms with van der Waals surface area (Å²) >= 11 is 0. The highest BCUT2D eigenvalue weighted by Gasteiger charge is 2.38. The number of aryl methyl sites for hydroxylation is 1. The Morgan fingerprint density at radius 1 is 1.18 bits per heavy atom. The zero-order valence-electron chi connectivity index (χ0n) is 22.7. The maximum Gasteiger partial charge on any atom is 0.510 e. The van der Waals surface area contributed by atoms with Crippen LogP contribution in [0.2, 0.25) is 0 Å². The molecule has 38 heavy (non-hydrogen) atoms. The smallest absolute Gasteiger partial charge is 0.510 e. The van der Waals surface area contributed by atoms with E-state index in [1.54, 1.807) is 20.8 Å². The van der Waals surface area contributed by atoms with E-state index in [9.17, 15) is 14.4 Å². The average molecular weight is 641 g/mol. The number of halogens is 1. The molecule has 0 saturated heterocycles. The molecule has 208 valence electrons. The van der Waals surface area contributed by atoms with Gasteiger partial charge in [-0.2, -0.15) is 0 Å². The second kappa shape index (κ2) is 11.9. The highest BCUT2D eigenvalue weighted by atomic mass is 127. The maximum absolute atomic E-state index is 13.5. The van der Waals surface area contributed by atoms with Gasteiger partial charge in [0.2, 0.25) is 0 Å². The van der Waals surface area contributed by atoms with Crippen LogP contribution in [0.5, 0.6) is 0 Å². The van der Waals surface area contributed by atoms with E-state index in [2.05, 4.69) is 23.0 Å². The van der Waals surface area contributed by atoms with Crippen LogP contribution >= 0.6 is 0 Å². The van der Waals surface area contributed by atoms with E-state index < -0.39 is 17.8 Å². The maximum atomic E-state index is 13.5. The van der Waals surface area contributed by atoms with Gasteiger partial charge in [0.1, 0.15) is 18.4 Å². The number of quaternary nitrogens is 1. The Kier molecular flexibility index (Phi) is 9.34. The molecule has 0 saturated carbocycles. The number of ketones is 1. The predicted octanol–water partition coefficient (Wildman–Crippen LogP) is 0.754. The molecule has 2 unspecified atom stereocenters. The molecule has 0 bridgehead atoms. The van der Waals surface area contributed by atoms with Crippen LogP contribution in [0.25, 0.3) is 10.9 Å². The molecule has 4 rings (SSSR count). The van der Waals surface area contributed by atoms with Gasteiger partial charge in [0.15, 0.2) is 19.2 Å². The lowest BCUT2D eigenvalue weighted by Crippen LogP contribution is -3.00. The van der Waals surface area contributed by atoms with Gasteiger partial charge in [-0.15, -0.1) is 0 Å². The minimum Gasteiger partial charge on any atom is -1.00 e. The van der Waals surface area contributed by atoms with Crippen LogP contribution in [-0.2, 0) is 27.7 Å². The van der Waals surface area contributed by atoms with Crippen molar-refractivity contribution in [3.63, 3.8) is 0 Å². The Morgan fingerprint density at radius 2 is 1.92 bits per heavy atom. The first kappa shape index (κ1) is 29.8. The van der Waals surface area contributed by atoms with Crippen LogP contribution < -0.4 is 29.3 Å². The van der Waals surface area contributed by atoms with E-state index in [0.717, 1.165) is 35.0 Å². The first-order chi connectivity index (χ1) is 17.5. The average Bonchev–Trinajstić information content (AvgIpc) is 3.34. The highest BCUT2D eigenvalue weighted by molar-refractivity contribution is 6.11. The van der Waals surface area contributed by atoms with Gasteiger partial charge in [0.05, 0.1) is 32.3 Å². The largest absolute Gasteiger partial charge is 1.00 e. The van der Waals surface area contributed by atoms with Crippen molar-refractivity contribution in [1.82, 2.24) is 14.8 Å². The fourth-order valence-corrected chi connectivity index (χ4v) is 5.08. The number of para-hydroxylation sites is 1. The van der Waals surface area contributed by atoms with Crippen molar-refractivity contribution in [3.8, 4) is 0 Å². The van der Waals surface area contributed by atoms with Crippen LogP contribution in [0.1, 0.15) is 43.2 Å². The van der Waals surface area contributed by atoms with Gasteiger partial charge < -0.3 is 48.1 Å². The lowest BCUT2D eigenvalue weighted by atomic mass is 9.84. The Labute approximate surface area is 240 Å². The number of amides is 1. The monoisotopic (exact) mass is 640 g/mol. The quantitative estimate of drug-likeness (QED) is 0.207. The van der Waals surface area contributed by atoms with E-state index in [0.29, 0.717) is 17.7 Å². The Hall–Kier alpha value is -2.80. The van der Waals surface area contributed by atoms with E-state index in [-0.39, 0.29) is 55.6 Å². The lowest BCUT2D eigenvalue weighted by molar-refractivity contribution is -0.864. The molecular formula is C27H37IN4O6. The van der Waals surface area contributed by atoms with Crippen molar-refractivity contribution < 1.29 is 57.1 Å². The third kappa shape index (κ3) is 6.99. The molecule has 1 aromatic heterocycles. The molecule has 0 radical (unpaired) electrons. The molecule has 1 N–H and O–H groups in total. The van der Waals surface area contributed by atoms with Crippen LogP contribution in [0.3, 0.4) is 0 Å². The number of carbonyl (C=O) groups excluding carboxylic acids is 3. The second-order valence-electron chi connectivity index (χ2n) is 11.0. The summed E-state index contributed by atoms with van der Waals surface area (Å²) in [6, 6.07) is 8.08. The number of hydrogen-bond acceptors (Lipinski definition) is 7. The van der Waals surface area contributed by atoms with E-state index >= 15 is 0 Å². The van der Waals surface area contributed by atoms with Crippen molar-refractivity contribution in [2.45, 2.75) is 39.2 Å². The number of ether oxygens (including phenoxy) is 3. The zero-order valence-corrected chi connectivity index (χ0v) is 24.8. The van der Waals surface area contributed by atoms with Gasteiger partial charge in [-0.3, -0.25) is 14.2 Å². The van der Waals surface area contributed by atoms with Crippen molar-refractivity contribution in [2.75, 3.05) is 40.1 Å². The molecule has 2 atom stereocenters. The SMILES string of the molecule is Cn1c2c(c3ccccc31)C(=O)C(C[N+]1(C)C=CN(COC(=O)OCCNC(=O)OC(C)(C)C)C1)CC2.[I-]. The fourth-order valence-electron chi connectivity index (χ4n) is 5.08. The molecule has 1 aliphatic heterocycles. The molecule has 1 aliphatic carbocycles. The van der Waals surface area contributed by atoms with Crippen molar-refractivity contribution in [3.05, 3.63) is 47.9 Å². The van der Waals surface area contributed by atoms with Crippen molar-refractivity contribution in [2.24, 2.45) is 13.0 Å². The molecule has 1 amide bonds. The number of Topliss-reactive ketones (excluding diaryl/α,β-unsaturated/α-hetero) is 1. The molecule has 1 aromatic carbocycles. The van der Waals surface area contributed by atoms with Crippen molar-refractivity contribution in [1.29, 1.82) is 0 Å². The van der Waals surface area contributed by atoms with Gasteiger partial charge >= 0.3 is 12.2 Å². The van der Waals surface area contributed by atoms with Gasteiger partial charge in [-0.1, -0.05) is 18.2 Å². The predicted molar refractivity (Wildman–Crippen MR) is 137 cm³/mol. The number of nitrogens with one attached hydrogen (secondary N) is 1. The second-order valence-corrected chi connectivity index (χ2v) is 11.0. The topological polar surface area (TPSA) is 99.1 Å². The number of rotatable bonds is 7. The van der Waals surface area contributed by atoms with E-state index in [1.165, 1.54) is 0 Å². The summed E-state index contributed by atoms with van der Waals surface area (Å²) in [4.78, 5) is 38.9. The Balaban J connectivity index is 0.00000400. The summed E-state index contributed by atoms with van der Waals surface area (Å²) in [6.45, 7) is 6.70. The molecule has 10 nitrogen and oxygen atoms in total. The third-order valence-corrected chi connectivity index (χ3v) is 6.69. The third-order valence-electron chi connectivity index (χ3n) is 6.69. The molecule has 0 fully saturated rings. The number of carbonyl (C=O) groups is 3. The van der Waals surface area contributed by atoms with E-state index in [1.807, 2.05) is 42.5 Å². The number of alkyl carbamates (subject to hydrolysis) is 1. The molecule has 11 heteroatoms. The van der Waals surface area contributed by atoms with Crippen molar-refractivity contribution >= 4 is 28.9 Å². The summed E-state index contributed by atoms with van der Waals surface area (Å²) in [5.74, 6) is 0.139. The minimum atomic E-state index is -0.813. The minimum absolute atomic E-state index is 0. The van der Waals surface area contributed by atoms with Gasteiger partial charge in [0.25, 0.3) is 0 Å². The first-order valence-electron chi connectivity index (χ1n) is 12.6. The molecule has 0 spiro atoms. The molecular weight excluding hydrogens is 603 g/mol. The standard InChI is InChI=1S/C27H36N4O6.HI/c1-27(2,3)37-25(33)28-12-15-35-26(34)36-18-30-13-14-31(5,17-30)16-19-10-11-22-23(24(19)32)20-8-6-7-9-21(20)29(22)4;/h6-9,13-14,19H,10-12,15-18H2,1-5H3;1H. The molecule has 2 aliphatic rings. The normalized spacial score (nSPS) is 20.6. The Bertz CT molecular complexity index is 1220. The van der Waals surface area contributed by atoms with Crippen LogP contribution in [0.4, 0.5) is 9.59 Å². The molecule has 2 aromatic rings. The van der Waals surface area contributed by atoms with Gasteiger partial charge in [-0.25, -0.2) is 9.59 Å². The molecule has 2 heterocycles. The number of hydrogen-bond donors (Lipinski definition) is 1. The highest BCUT2D eigenvalue weighted by Crippen LogP contribution is 2.35. The first-order valence-corrected chi connectivity index (χ1v) is 12.6. The van der Waals surface area contributed by atoms with E-state index in [4.69, 9.17) is 14.2 Å². The van der Waals surface area contributed by atoms with Crippen LogP contribution in [0.15, 0.2) is 36.7 Å². The van der Waals surface area contributed by atoms with Gasteiger partial charge in [0, 0.05) is 29.2 Å². The number of nitrogens with zero attached hydrogens (tertiary/aromatic N) is 3. The van der Waals surface area contributed by atoms with Crippen LogP contribution in [-0.4, -0.2) is 77.7 Å². The lowest BCUT2D eigenvalue weighted by Gasteiger charge is -2.33. The summed E-state index contributed by atoms with van der Waals surface area (Å²) in [6.07, 6.45) is 4.22. The Morgan fingerprint density at radius 3 is 2.66 bits per heavy atom. The summed E-state index contributed by atoms with van der Waals surface area (Å²) in [5.41, 5.74) is 2.49. The number of benzene rings is 1. The zero-order chi connectivity index (χ0) is 26.8. The summed E-state index contributed by atoms with van der Waals surface area (Å²) in [5, 5.41) is 3.55. The van der Waals surface area contributed by atoms with Crippen LogP contribution in [0, 0.1) is 5.92 Å². The summed E-state index contributed by atoms with van der Waals surface area (Å²) < 4.78 is 18.0. The summed E-state index contributed by atoms with van der Waals surface area (Å²) in [7, 11) is 4.11. The number of aromatic nitrogens is 1. The fraction of sp³-hybridized carbons (Fsp3) is 0.519. The number of fused-ring (bicyclic) bond motifs is 3. The van der Waals surface area contributed by atoms with Gasteiger partial charge in [-0.05, 0) is 39.7 Å².